The van der Waals surface area contributed by atoms with Crippen LogP contribution < -0.4 is 10.2 Å². The van der Waals surface area contributed by atoms with Crippen LogP contribution in [-0.4, -0.2) is 56.0 Å². The van der Waals surface area contributed by atoms with Crippen LogP contribution in [0.2, 0.25) is 0 Å². The molecule has 1 aromatic rings. The van der Waals surface area contributed by atoms with Gasteiger partial charge < -0.3 is 15.0 Å². The molecule has 1 aliphatic heterocycles. The number of Topliss-reactive ketones (excluding diaryl/α,β-unsaturated/α-hetero) is 1. The van der Waals surface area contributed by atoms with E-state index in [-0.39, 0.29) is 30.5 Å². The molecule has 1 saturated heterocycles. The lowest BCUT2D eigenvalue weighted by molar-refractivity contribution is -0.119. The Hall–Kier alpha value is -2.90. The predicted molar refractivity (Wildman–Crippen MR) is 102 cm³/mol. The van der Waals surface area contributed by atoms with Crippen molar-refractivity contribution in [2.45, 2.75) is 32.3 Å². The minimum atomic E-state index is -0.664. The highest BCUT2D eigenvalue weighted by Gasteiger charge is 2.35. The molecule has 1 aromatic carbocycles. The van der Waals surface area contributed by atoms with E-state index in [0.717, 1.165) is 12.0 Å². The van der Waals surface area contributed by atoms with E-state index in [0.29, 0.717) is 24.0 Å². The molecule has 1 unspecified atom stereocenters. The molecule has 1 fully saturated rings. The quantitative estimate of drug-likeness (QED) is 0.631. The maximum atomic E-state index is 14.8. The van der Waals surface area contributed by atoms with Gasteiger partial charge in [0.05, 0.1) is 18.8 Å². The van der Waals surface area contributed by atoms with E-state index >= 15 is 0 Å². The van der Waals surface area contributed by atoms with Crippen LogP contribution in [0.5, 0.6) is 0 Å². The van der Waals surface area contributed by atoms with Crippen molar-refractivity contribution >= 4 is 23.5 Å². The lowest BCUT2D eigenvalue weighted by Gasteiger charge is -2.17. The number of rotatable bonds is 4. The van der Waals surface area contributed by atoms with Crippen molar-refractivity contribution in [3.05, 3.63) is 40.8 Å². The first-order valence-electron chi connectivity index (χ1n) is 9.23. The number of fused-ring (bicyclic) bond motifs is 1. The highest BCUT2D eigenvalue weighted by molar-refractivity contribution is 6.10. The van der Waals surface area contributed by atoms with E-state index in [9.17, 15) is 18.8 Å². The molecule has 150 valence electrons. The zero-order valence-corrected chi connectivity index (χ0v) is 16.3. The molecule has 1 atom stereocenters. The molecule has 2 aliphatic rings. The molecule has 28 heavy (non-hydrogen) atoms. The first-order chi connectivity index (χ1) is 13.3. The number of carbonyl (C=O) groups excluding carboxylic acids is 3. The molecule has 0 aromatic heterocycles. The number of aryl methyl sites for hydroxylation is 1. The summed E-state index contributed by atoms with van der Waals surface area (Å²) in [6.45, 7) is 1.67. The van der Waals surface area contributed by atoms with E-state index in [1.807, 2.05) is 14.1 Å². The number of nitrogens with one attached hydrogen (secondary N) is 1. The Balaban J connectivity index is 1.88. The fraction of sp³-hybridized carbons (Fsp3) is 0.450. The van der Waals surface area contributed by atoms with Crippen LogP contribution in [0.15, 0.2) is 23.9 Å². The molecule has 2 amide bonds. The van der Waals surface area contributed by atoms with Crippen LogP contribution >= 0.6 is 0 Å². The molecule has 0 bridgehead atoms. The lowest BCUT2D eigenvalue weighted by atomic mass is 9.99. The van der Waals surface area contributed by atoms with Crippen LogP contribution in [0.25, 0.3) is 0 Å². The number of hydrogen-bond acceptors (Lipinski definition) is 5. The first kappa shape index (κ1) is 19.9. The second kappa shape index (κ2) is 8.00. The van der Waals surface area contributed by atoms with Crippen LogP contribution in [0.4, 0.5) is 14.9 Å². The average Bonchev–Trinajstić information content (AvgIpc) is 2.92. The molecule has 1 heterocycles. The maximum absolute atomic E-state index is 14.8. The molecule has 0 radical (unpaired) electrons. The van der Waals surface area contributed by atoms with Gasteiger partial charge in [0, 0.05) is 38.4 Å². The Morgan fingerprint density at radius 1 is 1.36 bits per heavy atom. The van der Waals surface area contributed by atoms with Crippen molar-refractivity contribution in [3.63, 3.8) is 0 Å². The lowest BCUT2D eigenvalue weighted by Crippen LogP contribution is -2.33. The normalized spacial score (nSPS) is 20.6. The third kappa shape index (κ3) is 4.16. The molecule has 8 heteroatoms. The molecule has 7 nitrogen and oxygen atoms in total. The smallest absolute Gasteiger partial charge is 0.414 e. The van der Waals surface area contributed by atoms with Gasteiger partial charge in [-0.3, -0.25) is 14.5 Å². The second-order valence-corrected chi connectivity index (χ2v) is 7.31. The van der Waals surface area contributed by atoms with Crippen LogP contribution in [0, 0.1) is 5.82 Å². The van der Waals surface area contributed by atoms with Gasteiger partial charge in [0.15, 0.2) is 5.78 Å². The summed E-state index contributed by atoms with van der Waals surface area (Å²) in [5.74, 6) is -1.06. The SMILES string of the molecule is CC(=O)NCC1CN(c2cc3c(cc2F)C(=O)C(=CN(C)C)CCC3)C(=O)O1. The summed E-state index contributed by atoms with van der Waals surface area (Å²) in [6, 6.07) is 2.79. The van der Waals surface area contributed by atoms with E-state index in [4.69, 9.17) is 4.74 Å². The van der Waals surface area contributed by atoms with Crippen molar-refractivity contribution in [1.29, 1.82) is 0 Å². The Labute approximate surface area is 163 Å². The summed E-state index contributed by atoms with van der Waals surface area (Å²) in [4.78, 5) is 39.1. The third-order valence-corrected chi connectivity index (χ3v) is 4.76. The van der Waals surface area contributed by atoms with Gasteiger partial charge in [-0.05, 0) is 37.0 Å². The minimum absolute atomic E-state index is 0.0990. The number of cyclic esters (lactones) is 1. The standard InChI is InChI=1S/C20H24FN3O4/c1-12(25)22-9-15-11-24(20(27)28-15)18-7-13-5-4-6-14(10-23(2)3)19(26)16(13)8-17(18)21/h7-8,10,15H,4-6,9,11H2,1-3H3,(H,22,25). The van der Waals surface area contributed by atoms with Crippen molar-refractivity contribution in [2.24, 2.45) is 0 Å². The van der Waals surface area contributed by atoms with Crippen molar-refractivity contribution in [1.82, 2.24) is 10.2 Å². The molecular formula is C20H24FN3O4. The fourth-order valence-corrected chi connectivity index (χ4v) is 3.50. The summed E-state index contributed by atoms with van der Waals surface area (Å²) in [5.41, 5.74) is 1.81. The van der Waals surface area contributed by atoms with Crippen molar-refractivity contribution in [3.8, 4) is 0 Å². The molecule has 0 saturated carbocycles. The number of halogens is 1. The van der Waals surface area contributed by atoms with Crippen molar-refractivity contribution < 1.29 is 23.5 Å². The van der Waals surface area contributed by atoms with E-state index in [1.54, 1.807) is 17.2 Å². The van der Waals surface area contributed by atoms with Gasteiger partial charge in [-0.15, -0.1) is 0 Å². The monoisotopic (exact) mass is 389 g/mol. The third-order valence-electron chi connectivity index (χ3n) is 4.76. The number of hydrogen-bond donors (Lipinski definition) is 1. The summed E-state index contributed by atoms with van der Waals surface area (Å²) in [7, 11) is 3.68. The van der Waals surface area contributed by atoms with Crippen LogP contribution in [0.3, 0.4) is 0 Å². The van der Waals surface area contributed by atoms with E-state index < -0.39 is 18.0 Å². The minimum Gasteiger partial charge on any atom is -0.442 e. The van der Waals surface area contributed by atoms with Crippen LogP contribution in [-0.2, 0) is 16.0 Å². The zero-order chi connectivity index (χ0) is 20.4. The Kier molecular flexibility index (Phi) is 5.67. The molecular weight excluding hydrogens is 365 g/mol. The van der Waals surface area contributed by atoms with E-state index in [1.165, 1.54) is 17.9 Å². The number of anilines is 1. The number of benzene rings is 1. The van der Waals surface area contributed by atoms with Gasteiger partial charge in [-0.25, -0.2) is 9.18 Å². The Morgan fingerprint density at radius 3 is 2.79 bits per heavy atom. The topological polar surface area (TPSA) is 79.0 Å². The molecule has 0 spiro atoms. The largest absolute Gasteiger partial charge is 0.442 e. The van der Waals surface area contributed by atoms with Gasteiger partial charge in [-0.2, -0.15) is 0 Å². The first-order valence-corrected chi connectivity index (χ1v) is 9.23. The Morgan fingerprint density at radius 2 is 2.11 bits per heavy atom. The number of allylic oxidation sites excluding steroid dienone is 1. The van der Waals surface area contributed by atoms with Gasteiger partial charge in [0.2, 0.25) is 5.91 Å². The van der Waals surface area contributed by atoms with Gasteiger partial charge in [0.1, 0.15) is 11.9 Å². The highest BCUT2D eigenvalue weighted by atomic mass is 19.1. The summed E-state index contributed by atoms with van der Waals surface area (Å²) >= 11 is 0. The summed E-state index contributed by atoms with van der Waals surface area (Å²) in [6.07, 6.45) is 2.56. The molecule has 1 N–H and O–H groups in total. The predicted octanol–water partition coefficient (Wildman–Crippen LogP) is 2.25. The number of ether oxygens (including phenoxy) is 1. The number of nitrogens with zero attached hydrogens (tertiary/aromatic N) is 2. The number of amides is 2. The number of carbonyl (C=O) groups is 3. The molecule has 3 rings (SSSR count). The Bertz CT molecular complexity index is 850. The second-order valence-electron chi connectivity index (χ2n) is 7.31. The maximum Gasteiger partial charge on any atom is 0.414 e. The van der Waals surface area contributed by atoms with Crippen molar-refractivity contribution in [2.75, 3.05) is 32.1 Å². The van der Waals surface area contributed by atoms with Gasteiger partial charge in [0.25, 0.3) is 0 Å². The van der Waals surface area contributed by atoms with Gasteiger partial charge in [-0.1, -0.05) is 0 Å². The fourth-order valence-electron chi connectivity index (χ4n) is 3.50. The highest BCUT2D eigenvalue weighted by Crippen LogP contribution is 2.32. The number of ketones is 1. The molecule has 1 aliphatic carbocycles. The van der Waals surface area contributed by atoms with E-state index in [2.05, 4.69) is 5.32 Å². The summed E-state index contributed by atoms with van der Waals surface area (Å²) < 4.78 is 20.0. The van der Waals surface area contributed by atoms with Crippen LogP contribution in [0.1, 0.15) is 35.7 Å². The zero-order valence-electron chi connectivity index (χ0n) is 16.3. The average molecular weight is 389 g/mol. The van der Waals surface area contributed by atoms with Gasteiger partial charge >= 0.3 is 6.09 Å². The summed E-state index contributed by atoms with van der Waals surface area (Å²) in [5, 5.41) is 2.59.